The molecule has 6 nitrogen and oxygen atoms in total. The Morgan fingerprint density at radius 1 is 0.970 bits per heavy atom. The van der Waals surface area contributed by atoms with E-state index in [0.29, 0.717) is 16.2 Å². The Kier molecular flexibility index (Phi) is 6.35. The number of sulfone groups is 1. The second-order valence-corrected chi connectivity index (χ2v) is 9.88. The molecule has 0 saturated carbocycles. The summed E-state index contributed by atoms with van der Waals surface area (Å²) in [4.78, 5) is 25.5. The second kappa shape index (κ2) is 9.21. The molecule has 1 heterocycles. The maximum atomic E-state index is 13.3. The number of carbonyl (C=O) groups is 1. The first kappa shape index (κ1) is 22.8. The van der Waals surface area contributed by atoms with Crippen molar-refractivity contribution in [3.05, 3.63) is 99.8 Å². The van der Waals surface area contributed by atoms with Crippen molar-refractivity contribution in [2.45, 2.75) is 29.7 Å². The number of aromatic nitrogens is 1. The first-order valence-corrected chi connectivity index (χ1v) is 12.2. The van der Waals surface area contributed by atoms with Crippen molar-refractivity contribution in [3.63, 3.8) is 0 Å². The predicted octanol–water partition coefficient (Wildman–Crippen LogP) is 4.69. The Hall–Kier alpha value is -3.42. The molecule has 0 fully saturated rings. The normalized spacial score (nSPS) is 11.5. The highest BCUT2D eigenvalue weighted by molar-refractivity contribution is 7.91. The predicted molar refractivity (Wildman–Crippen MR) is 130 cm³/mol. The number of nitrogens with one attached hydrogen (secondary N) is 1. The number of nitrogens with zero attached hydrogens (tertiary/aromatic N) is 1. The lowest BCUT2D eigenvalue weighted by atomic mass is 10.2. The van der Waals surface area contributed by atoms with E-state index in [1.54, 1.807) is 60.7 Å². The minimum absolute atomic E-state index is 0.0317. The lowest BCUT2D eigenvalue weighted by Gasteiger charge is -2.14. The topological polar surface area (TPSA) is 85.2 Å². The molecular weight excluding hydrogens is 460 g/mol. The Morgan fingerprint density at radius 2 is 1.64 bits per heavy atom. The third kappa shape index (κ3) is 4.69. The van der Waals surface area contributed by atoms with Crippen molar-refractivity contribution in [2.24, 2.45) is 0 Å². The zero-order chi connectivity index (χ0) is 23.6. The Labute approximate surface area is 196 Å². The van der Waals surface area contributed by atoms with Crippen LogP contribution in [0.15, 0.2) is 93.6 Å². The molecule has 0 saturated heterocycles. The fourth-order valence-electron chi connectivity index (χ4n) is 3.56. The fourth-order valence-corrected chi connectivity index (χ4v) is 5.05. The standard InChI is InChI=1S/C25H21ClN2O4S/c1-2-17-7-13-20(14-8-17)33(31,32)23-15-28(22-6-4-3-5-21(22)25(23)30)16-24(29)27-19-11-9-18(26)10-12-19/h3-15H,2,16H2,1H3,(H,27,29). The smallest absolute Gasteiger partial charge is 0.244 e. The Bertz CT molecular complexity index is 1490. The van der Waals surface area contributed by atoms with Crippen LogP contribution in [0.4, 0.5) is 5.69 Å². The number of hydrogen-bond acceptors (Lipinski definition) is 4. The average Bonchev–Trinajstić information content (AvgIpc) is 2.82. The summed E-state index contributed by atoms with van der Waals surface area (Å²) < 4.78 is 28.1. The molecule has 3 aromatic carbocycles. The molecule has 33 heavy (non-hydrogen) atoms. The van der Waals surface area contributed by atoms with Gasteiger partial charge in [0.05, 0.1) is 10.4 Å². The van der Waals surface area contributed by atoms with Crippen LogP contribution in [0.2, 0.25) is 5.02 Å². The average molecular weight is 481 g/mol. The van der Waals surface area contributed by atoms with Crippen molar-refractivity contribution in [1.82, 2.24) is 4.57 Å². The van der Waals surface area contributed by atoms with Gasteiger partial charge in [0, 0.05) is 22.3 Å². The third-order valence-electron chi connectivity index (χ3n) is 5.33. The van der Waals surface area contributed by atoms with Gasteiger partial charge in [0.2, 0.25) is 21.2 Å². The maximum absolute atomic E-state index is 13.3. The van der Waals surface area contributed by atoms with Crippen LogP contribution in [0, 0.1) is 0 Å². The second-order valence-electron chi connectivity index (χ2n) is 7.52. The van der Waals surface area contributed by atoms with E-state index in [0.717, 1.165) is 12.0 Å². The summed E-state index contributed by atoms with van der Waals surface area (Å²) in [7, 11) is -4.09. The van der Waals surface area contributed by atoms with Gasteiger partial charge in [-0.1, -0.05) is 42.8 Å². The largest absolute Gasteiger partial charge is 0.336 e. The van der Waals surface area contributed by atoms with Crippen LogP contribution in [0.3, 0.4) is 0 Å². The number of para-hydroxylation sites is 1. The third-order valence-corrected chi connectivity index (χ3v) is 7.34. The van der Waals surface area contributed by atoms with Gasteiger partial charge in [0.1, 0.15) is 11.4 Å². The number of anilines is 1. The number of hydrogen-bond donors (Lipinski definition) is 1. The summed E-state index contributed by atoms with van der Waals surface area (Å²) in [6.07, 6.45) is 2.01. The summed E-state index contributed by atoms with van der Waals surface area (Å²) in [6, 6.07) is 19.7. The quantitative estimate of drug-likeness (QED) is 0.434. The summed E-state index contributed by atoms with van der Waals surface area (Å²) in [5, 5.41) is 3.52. The highest BCUT2D eigenvalue weighted by Gasteiger charge is 2.24. The number of amides is 1. The first-order chi connectivity index (χ1) is 15.8. The van der Waals surface area contributed by atoms with Gasteiger partial charge in [-0.2, -0.15) is 0 Å². The van der Waals surface area contributed by atoms with E-state index >= 15 is 0 Å². The summed E-state index contributed by atoms with van der Waals surface area (Å²) in [5.41, 5.74) is 1.41. The van der Waals surface area contributed by atoms with Gasteiger partial charge in [0.25, 0.3) is 0 Å². The van der Waals surface area contributed by atoms with Gasteiger partial charge < -0.3 is 9.88 Å². The Morgan fingerprint density at radius 3 is 2.30 bits per heavy atom. The zero-order valence-electron chi connectivity index (χ0n) is 17.8. The number of benzene rings is 3. The maximum Gasteiger partial charge on any atom is 0.244 e. The first-order valence-electron chi connectivity index (χ1n) is 10.3. The van der Waals surface area contributed by atoms with Gasteiger partial charge in [0.15, 0.2) is 0 Å². The molecule has 8 heteroatoms. The number of pyridine rings is 1. The molecule has 0 bridgehead atoms. The number of rotatable bonds is 6. The fraction of sp³-hybridized carbons (Fsp3) is 0.120. The molecule has 0 radical (unpaired) electrons. The Balaban J connectivity index is 1.77. The van der Waals surface area contributed by atoms with E-state index in [1.165, 1.54) is 22.9 Å². The van der Waals surface area contributed by atoms with E-state index in [-0.39, 0.29) is 27.6 Å². The summed E-state index contributed by atoms with van der Waals surface area (Å²) >= 11 is 5.88. The van der Waals surface area contributed by atoms with Gasteiger partial charge in [-0.3, -0.25) is 9.59 Å². The molecule has 4 aromatic rings. The van der Waals surface area contributed by atoms with Crippen LogP contribution in [0.25, 0.3) is 10.9 Å². The SMILES string of the molecule is CCc1ccc(S(=O)(=O)c2cn(CC(=O)Nc3ccc(Cl)cc3)c3ccccc3c2=O)cc1. The van der Waals surface area contributed by atoms with Crippen LogP contribution >= 0.6 is 11.6 Å². The number of fused-ring (bicyclic) bond motifs is 1. The van der Waals surface area contributed by atoms with Crippen LogP contribution in [0.5, 0.6) is 0 Å². The number of halogens is 1. The highest BCUT2D eigenvalue weighted by Crippen LogP contribution is 2.22. The van der Waals surface area contributed by atoms with Crippen molar-refractivity contribution >= 4 is 43.9 Å². The molecule has 1 amide bonds. The van der Waals surface area contributed by atoms with Crippen LogP contribution < -0.4 is 10.7 Å². The van der Waals surface area contributed by atoms with E-state index in [1.807, 2.05) is 6.92 Å². The molecule has 0 aliphatic carbocycles. The molecule has 1 aromatic heterocycles. The van der Waals surface area contributed by atoms with E-state index in [2.05, 4.69) is 5.32 Å². The highest BCUT2D eigenvalue weighted by atomic mass is 35.5. The zero-order valence-corrected chi connectivity index (χ0v) is 19.4. The van der Waals surface area contributed by atoms with E-state index < -0.39 is 15.3 Å². The number of carbonyl (C=O) groups excluding carboxylic acids is 1. The lowest BCUT2D eigenvalue weighted by molar-refractivity contribution is -0.116. The van der Waals surface area contributed by atoms with Crippen molar-refractivity contribution < 1.29 is 13.2 Å². The van der Waals surface area contributed by atoms with E-state index in [4.69, 9.17) is 11.6 Å². The summed E-state index contributed by atoms with van der Waals surface area (Å²) in [5.74, 6) is -0.373. The molecule has 0 unspecified atom stereocenters. The molecular formula is C25H21ClN2O4S. The lowest BCUT2D eigenvalue weighted by Crippen LogP contribution is -2.23. The molecule has 168 valence electrons. The molecule has 1 N–H and O–H groups in total. The van der Waals surface area contributed by atoms with Crippen molar-refractivity contribution in [3.8, 4) is 0 Å². The molecule has 0 spiro atoms. The van der Waals surface area contributed by atoms with Gasteiger partial charge in [-0.25, -0.2) is 8.42 Å². The van der Waals surface area contributed by atoms with Crippen LogP contribution in [0.1, 0.15) is 12.5 Å². The molecule has 0 aliphatic rings. The number of aryl methyl sites for hydroxylation is 1. The van der Waals surface area contributed by atoms with Crippen molar-refractivity contribution in [2.75, 3.05) is 5.32 Å². The molecule has 4 rings (SSSR count). The minimum Gasteiger partial charge on any atom is -0.336 e. The van der Waals surface area contributed by atoms with Gasteiger partial charge >= 0.3 is 0 Å². The molecule has 0 atom stereocenters. The molecule has 0 aliphatic heterocycles. The van der Waals surface area contributed by atoms with E-state index in [9.17, 15) is 18.0 Å². The van der Waals surface area contributed by atoms with Crippen molar-refractivity contribution in [1.29, 1.82) is 0 Å². The van der Waals surface area contributed by atoms with Crippen LogP contribution in [-0.4, -0.2) is 18.9 Å². The van der Waals surface area contributed by atoms with Gasteiger partial charge in [-0.15, -0.1) is 0 Å². The van der Waals surface area contributed by atoms with Gasteiger partial charge in [-0.05, 0) is 60.5 Å². The van der Waals surface area contributed by atoms with Crippen LogP contribution in [-0.2, 0) is 27.6 Å². The summed E-state index contributed by atoms with van der Waals surface area (Å²) in [6.45, 7) is 1.79. The monoisotopic (exact) mass is 480 g/mol. The minimum atomic E-state index is -4.09.